The van der Waals surface area contributed by atoms with Gasteiger partial charge in [-0.05, 0) is 99.8 Å². The topological polar surface area (TPSA) is 219 Å². The van der Waals surface area contributed by atoms with Crippen LogP contribution < -0.4 is 10.6 Å². The molecule has 0 aromatic carbocycles. The molecule has 0 radical (unpaired) electrons. The van der Waals surface area contributed by atoms with Crippen LogP contribution in [0.2, 0.25) is 0 Å². The number of terminal acetylenes is 2. The van der Waals surface area contributed by atoms with Crippen LogP contribution in [0.1, 0.15) is 114 Å². The van der Waals surface area contributed by atoms with Crippen molar-refractivity contribution in [2.45, 2.75) is 178 Å². The van der Waals surface area contributed by atoms with E-state index in [1.165, 1.54) is 28.4 Å². The average molecular weight is 963 g/mol. The fourth-order valence-corrected chi connectivity index (χ4v) is 9.95. The summed E-state index contributed by atoms with van der Waals surface area (Å²) in [4.78, 5) is 64.7. The maximum absolute atomic E-state index is 13.8. The number of fused-ring (bicyclic) bond motifs is 2. The standard InChI is InChI=1S/C22H34N2O6.C15H23NO5.C12H21NO4/c1-7-14-12-24(18-17(14)29-13-22(18,27-5)28-6)19(25)16(15-10-8-9-11-15)23-20(26)30-21(2,3)4;1-7-10-8-16(13(17)21-14(2,3)4)12-11(10)20-9-15(12,18-5)19-6;1-12(2,3)17-11(16)13-9(10(14)15)8-6-4-5-7-8/h1,14-18H,8-13H2,2-6H3,(H,23,26);1,10-12H,8-9H2,2-6H3;8-9H,4-7H2,1-3H3,(H,13,16)(H,14,15)/t14-,16+,17-,18+;10-,11-,12+;9-/m110/s1. The molecule has 0 aromatic heterocycles. The number of alkyl carbamates (subject to hydrolysis) is 2. The molecule has 4 saturated heterocycles. The van der Waals surface area contributed by atoms with Crippen LogP contribution in [0.4, 0.5) is 14.4 Å². The number of amides is 4. The molecule has 6 rings (SSSR count). The van der Waals surface area contributed by atoms with E-state index in [4.69, 9.17) is 60.6 Å². The molecular weight excluding hydrogens is 885 g/mol. The third-order valence-electron chi connectivity index (χ3n) is 13.1. The summed E-state index contributed by atoms with van der Waals surface area (Å²) in [6, 6.07) is -2.41. The minimum Gasteiger partial charge on any atom is -0.480 e. The molecule has 19 nitrogen and oxygen atoms in total. The lowest BCUT2D eigenvalue weighted by molar-refractivity contribution is -0.227. The second kappa shape index (κ2) is 23.0. The monoisotopic (exact) mass is 963 g/mol. The van der Waals surface area contributed by atoms with Gasteiger partial charge in [0.15, 0.2) is 0 Å². The lowest BCUT2D eigenvalue weighted by Gasteiger charge is -2.38. The van der Waals surface area contributed by atoms with E-state index in [9.17, 15) is 24.0 Å². The Morgan fingerprint density at radius 1 is 0.603 bits per heavy atom. The number of carbonyl (C=O) groups is 5. The van der Waals surface area contributed by atoms with Gasteiger partial charge in [-0.1, -0.05) is 37.5 Å². The molecule has 2 saturated carbocycles. The van der Waals surface area contributed by atoms with Gasteiger partial charge >= 0.3 is 24.2 Å². The summed E-state index contributed by atoms with van der Waals surface area (Å²) in [6.07, 6.45) is 16.5. The van der Waals surface area contributed by atoms with Gasteiger partial charge in [0.05, 0.1) is 24.0 Å². The van der Waals surface area contributed by atoms with Crippen molar-refractivity contribution in [3.8, 4) is 24.7 Å². The molecule has 2 aliphatic carbocycles. The number of hydrogen-bond acceptors (Lipinski definition) is 14. The zero-order valence-corrected chi connectivity index (χ0v) is 42.5. The van der Waals surface area contributed by atoms with Crippen LogP contribution >= 0.6 is 0 Å². The van der Waals surface area contributed by atoms with E-state index >= 15 is 0 Å². The fraction of sp³-hybridized carbons (Fsp3) is 0.816. The van der Waals surface area contributed by atoms with Gasteiger partial charge < -0.3 is 63.3 Å². The highest BCUT2D eigenvalue weighted by molar-refractivity contribution is 5.87. The van der Waals surface area contributed by atoms with Crippen molar-refractivity contribution in [1.82, 2.24) is 20.4 Å². The Labute approximate surface area is 402 Å². The predicted octanol–water partition coefficient (Wildman–Crippen LogP) is 5.32. The van der Waals surface area contributed by atoms with Gasteiger partial charge in [-0.15, -0.1) is 12.8 Å². The van der Waals surface area contributed by atoms with Gasteiger partial charge in [-0.3, -0.25) is 9.69 Å². The molecule has 0 unspecified atom stereocenters. The maximum Gasteiger partial charge on any atom is 0.410 e. The summed E-state index contributed by atoms with van der Waals surface area (Å²) in [5.41, 5.74) is -1.84. The van der Waals surface area contributed by atoms with Gasteiger partial charge in [0.1, 0.15) is 54.2 Å². The molecule has 384 valence electrons. The van der Waals surface area contributed by atoms with Gasteiger partial charge in [0.2, 0.25) is 17.5 Å². The second-order valence-electron chi connectivity index (χ2n) is 21.2. The van der Waals surface area contributed by atoms with Crippen molar-refractivity contribution in [3.63, 3.8) is 0 Å². The van der Waals surface area contributed by atoms with Crippen molar-refractivity contribution in [2.24, 2.45) is 23.7 Å². The van der Waals surface area contributed by atoms with Crippen molar-refractivity contribution < 1.29 is 71.7 Å². The Hall–Kier alpha value is -4.37. The Morgan fingerprint density at radius 2 is 0.956 bits per heavy atom. The van der Waals surface area contributed by atoms with Crippen molar-refractivity contribution in [1.29, 1.82) is 0 Å². The van der Waals surface area contributed by atoms with E-state index in [1.807, 2.05) is 20.8 Å². The Balaban J connectivity index is 0.000000233. The van der Waals surface area contributed by atoms with E-state index in [2.05, 4.69) is 22.5 Å². The number of rotatable bonds is 10. The zero-order valence-electron chi connectivity index (χ0n) is 42.5. The smallest absolute Gasteiger partial charge is 0.410 e. The van der Waals surface area contributed by atoms with Crippen LogP contribution in [-0.4, -0.2) is 165 Å². The van der Waals surface area contributed by atoms with E-state index in [0.29, 0.717) is 13.1 Å². The lowest BCUT2D eigenvalue weighted by Crippen LogP contribution is -2.60. The number of aliphatic carboxylic acids is 1. The molecule has 8 atom stereocenters. The highest BCUT2D eigenvalue weighted by atomic mass is 16.7. The van der Waals surface area contributed by atoms with Gasteiger partial charge in [0, 0.05) is 41.5 Å². The van der Waals surface area contributed by atoms with Crippen molar-refractivity contribution >= 4 is 30.2 Å². The molecule has 3 N–H and O–H groups in total. The summed E-state index contributed by atoms with van der Waals surface area (Å²) in [7, 11) is 6.14. The van der Waals surface area contributed by atoms with Crippen LogP contribution in [0.25, 0.3) is 0 Å². The zero-order chi connectivity index (χ0) is 51.0. The van der Waals surface area contributed by atoms with E-state index < -0.39 is 76.8 Å². The number of ether oxygens (including phenoxy) is 9. The van der Waals surface area contributed by atoms with Crippen LogP contribution in [0.15, 0.2) is 0 Å². The molecule has 19 heteroatoms. The number of carboxylic acid groups (broad SMARTS) is 1. The number of hydrogen-bond donors (Lipinski definition) is 3. The van der Waals surface area contributed by atoms with Crippen LogP contribution in [0.3, 0.4) is 0 Å². The summed E-state index contributed by atoms with van der Waals surface area (Å²) >= 11 is 0. The first kappa shape index (κ1) is 56.2. The van der Waals surface area contributed by atoms with Gasteiger partial charge in [-0.2, -0.15) is 0 Å². The number of methoxy groups -OCH3 is 4. The molecule has 4 heterocycles. The minimum absolute atomic E-state index is 0.0278. The van der Waals surface area contributed by atoms with E-state index in [-0.39, 0.29) is 55.0 Å². The van der Waals surface area contributed by atoms with Crippen molar-refractivity contribution in [2.75, 3.05) is 54.7 Å². The van der Waals surface area contributed by atoms with E-state index in [0.717, 1.165) is 51.4 Å². The highest BCUT2D eigenvalue weighted by Gasteiger charge is 2.63. The molecule has 6 fully saturated rings. The first-order chi connectivity index (χ1) is 31.7. The normalized spacial score (nSPS) is 27.2. The first-order valence-corrected chi connectivity index (χ1v) is 23.6. The predicted molar refractivity (Wildman–Crippen MR) is 248 cm³/mol. The number of nitrogens with one attached hydrogen (secondary N) is 2. The first-order valence-electron chi connectivity index (χ1n) is 23.6. The minimum atomic E-state index is -1.09. The fourth-order valence-electron chi connectivity index (χ4n) is 9.95. The number of carbonyl (C=O) groups excluding carboxylic acids is 4. The van der Waals surface area contributed by atoms with E-state index in [1.54, 1.807) is 51.3 Å². The largest absolute Gasteiger partial charge is 0.480 e. The second-order valence-corrected chi connectivity index (χ2v) is 21.2. The average Bonchev–Trinajstić information content (AvgIpc) is 4.11. The highest BCUT2D eigenvalue weighted by Crippen LogP contribution is 2.44. The molecule has 6 aliphatic rings. The molecular formula is C49H78N4O15. The summed E-state index contributed by atoms with van der Waals surface area (Å²) in [5, 5.41) is 14.4. The molecule has 0 aromatic rings. The Morgan fingerprint density at radius 3 is 1.31 bits per heavy atom. The van der Waals surface area contributed by atoms with Crippen LogP contribution in [0.5, 0.6) is 0 Å². The molecule has 4 aliphatic heterocycles. The number of carboxylic acids is 1. The summed E-state index contributed by atoms with van der Waals surface area (Å²) in [6.45, 7) is 17.2. The van der Waals surface area contributed by atoms with Crippen molar-refractivity contribution in [3.05, 3.63) is 0 Å². The number of likely N-dealkylation sites (tertiary alicyclic amines) is 2. The van der Waals surface area contributed by atoms with Gasteiger partial charge in [0.25, 0.3) is 0 Å². The molecule has 4 amide bonds. The summed E-state index contributed by atoms with van der Waals surface area (Å²) < 4.78 is 49.9. The quantitative estimate of drug-likeness (QED) is 0.144. The third-order valence-corrected chi connectivity index (χ3v) is 13.1. The Bertz CT molecular complexity index is 1820. The summed E-state index contributed by atoms with van der Waals surface area (Å²) in [5.74, 6) is 1.77. The number of nitrogens with zero attached hydrogens (tertiary/aromatic N) is 2. The lowest BCUT2D eigenvalue weighted by atomic mass is 9.95. The maximum atomic E-state index is 13.8. The molecule has 0 spiro atoms. The molecule has 68 heavy (non-hydrogen) atoms. The third kappa shape index (κ3) is 13.7. The van der Waals surface area contributed by atoms with Crippen LogP contribution in [-0.2, 0) is 52.2 Å². The molecule has 0 bridgehead atoms. The van der Waals surface area contributed by atoms with Gasteiger partial charge in [-0.25, -0.2) is 19.2 Å². The SMILES string of the molecule is C#C[C@@H]1CN(C(=O)OC(C)(C)C)[C@H]2[C@@H]1OCC2(OC)OC.C#C[C@@H]1CN(C(=O)[C@@H](NC(=O)OC(C)(C)C)C2CCCC2)[C@H]2[C@@H]1OCC2(OC)OC.CC(C)(C)OC(=O)N[C@H](C(=O)O)C1CCCC1. The Kier molecular flexibility index (Phi) is 19.0. The van der Waals surface area contributed by atoms with Crippen LogP contribution in [0, 0.1) is 48.4 Å².